The van der Waals surface area contributed by atoms with E-state index in [0.29, 0.717) is 6.61 Å². The van der Waals surface area contributed by atoms with E-state index in [1.54, 1.807) is 0 Å². The Kier molecular flexibility index (Phi) is 5.56. The van der Waals surface area contributed by atoms with Gasteiger partial charge in [0, 0.05) is 12.6 Å². The fourth-order valence-corrected chi connectivity index (χ4v) is 2.86. The van der Waals surface area contributed by atoms with Crippen LogP contribution in [0.4, 0.5) is 0 Å². The number of carbonyl (C=O) groups is 1. The summed E-state index contributed by atoms with van der Waals surface area (Å²) in [5.41, 5.74) is 0.912. The Bertz CT molecular complexity index is 421. The fraction of sp³-hybridized carbons (Fsp3) is 0.562. The highest BCUT2D eigenvalue weighted by Crippen LogP contribution is 2.28. The molecule has 0 heterocycles. The van der Waals surface area contributed by atoms with Crippen LogP contribution in [-0.4, -0.2) is 30.3 Å². The zero-order valence-corrected chi connectivity index (χ0v) is 11.9. The van der Waals surface area contributed by atoms with Crippen molar-refractivity contribution in [1.29, 1.82) is 0 Å². The molecule has 0 saturated heterocycles. The van der Waals surface area contributed by atoms with Crippen LogP contribution in [0.3, 0.4) is 0 Å². The van der Waals surface area contributed by atoms with Gasteiger partial charge < -0.3 is 9.84 Å². The molecule has 1 aromatic rings. The minimum absolute atomic E-state index is 0.169. The van der Waals surface area contributed by atoms with Crippen LogP contribution in [-0.2, 0) is 9.53 Å². The van der Waals surface area contributed by atoms with Crippen molar-refractivity contribution in [2.45, 2.75) is 38.3 Å². The van der Waals surface area contributed by atoms with Gasteiger partial charge in [-0.25, -0.2) is 4.79 Å². The Hall–Kier alpha value is -1.39. The molecule has 0 bridgehead atoms. The average Bonchev–Trinajstić information content (AvgIpc) is 2.93. The number of carbonyl (C=O) groups excluding carboxylic acids is 1. The first-order chi connectivity index (χ1) is 9.76. The average molecular weight is 277 g/mol. The van der Waals surface area contributed by atoms with E-state index in [1.165, 1.54) is 0 Å². The molecule has 3 atom stereocenters. The topological polar surface area (TPSA) is 58.6 Å². The van der Waals surface area contributed by atoms with Crippen molar-refractivity contribution in [1.82, 2.24) is 5.32 Å². The van der Waals surface area contributed by atoms with E-state index >= 15 is 0 Å². The van der Waals surface area contributed by atoms with Crippen LogP contribution in [0, 0.1) is 5.92 Å². The molecule has 4 heteroatoms. The molecular formula is C16H23NO3. The molecule has 1 fully saturated rings. The zero-order valence-electron chi connectivity index (χ0n) is 11.9. The molecule has 0 aliphatic heterocycles. The second kappa shape index (κ2) is 7.41. The van der Waals surface area contributed by atoms with Gasteiger partial charge in [-0.05, 0) is 31.2 Å². The van der Waals surface area contributed by atoms with Gasteiger partial charge in [0.25, 0.3) is 0 Å². The molecule has 0 amide bonds. The van der Waals surface area contributed by atoms with Gasteiger partial charge in [-0.2, -0.15) is 0 Å². The number of rotatable bonds is 6. The molecule has 0 aromatic heterocycles. The SMILES string of the molecule is CCOC(=O)C(NC1CCCC1CO)c1ccccc1. The summed E-state index contributed by atoms with van der Waals surface area (Å²) < 4.78 is 5.17. The normalized spacial score (nSPS) is 23.5. The fourth-order valence-electron chi connectivity index (χ4n) is 2.86. The van der Waals surface area contributed by atoms with E-state index in [0.717, 1.165) is 24.8 Å². The van der Waals surface area contributed by atoms with Crippen LogP contribution in [0.15, 0.2) is 30.3 Å². The van der Waals surface area contributed by atoms with Crippen molar-refractivity contribution in [3.05, 3.63) is 35.9 Å². The molecule has 1 aliphatic rings. The minimum atomic E-state index is -0.451. The summed E-state index contributed by atoms with van der Waals surface area (Å²) in [5.74, 6) is -0.0158. The number of esters is 1. The summed E-state index contributed by atoms with van der Waals surface area (Å²) in [6.45, 7) is 2.35. The Morgan fingerprint density at radius 1 is 1.40 bits per heavy atom. The molecule has 2 N–H and O–H groups in total. The van der Waals surface area contributed by atoms with Gasteiger partial charge >= 0.3 is 5.97 Å². The molecule has 2 rings (SSSR count). The third-order valence-corrected chi connectivity index (χ3v) is 3.93. The predicted molar refractivity (Wildman–Crippen MR) is 77.2 cm³/mol. The summed E-state index contributed by atoms with van der Waals surface area (Å²) in [5, 5.41) is 12.8. The lowest BCUT2D eigenvalue weighted by atomic mass is 10.0. The summed E-state index contributed by atoms with van der Waals surface area (Å²) in [6, 6.07) is 9.35. The predicted octanol–water partition coefficient (Wildman–Crippen LogP) is 2.04. The highest BCUT2D eigenvalue weighted by atomic mass is 16.5. The largest absolute Gasteiger partial charge is 0.465 e. The van der Waals surface area contributed by atoms with Crippen molar-refractivity contribution in [2.24, 2.45) is 5.92 Å². The molecule has 110 valence electrons. The number of benzene rings is 1. The Morgan fingerprint density at radius 3 is 2.80 bits per heavy atom. The van der Waals surface area contributed by atoms with Gasteiger partial charge in [0.15, 0.2) is 0 Å². The monoisotopic (exact) mass is 277 g/mol. The van der Waals surface area contributed by atoms with Crippen molar-refractivity contribution >= 4 is 5.97 Å². The van der Waals surface area contributed by atoms with Crippen LogP contribution < -0.4 is 5.32 Å². The van der Waals surface area contributed by atoms with E-state index in [4.69, 9.17) is 4.74 Å². The third kappa shape index (κ3) is 3.58. The van der Waals surface area contributed by atoms with Crippen molar-refractivity contribution in [3.63, 3.8) is 0 Å². The van der Waals surface area contributed by atoms with Gasteiger partial charge in [0.05, 0.1) is 6.61 Å². The van der Waals surface area contributed by atoms with Gasteiger partial charge in [-0.1, -0.05) is 36.8 Å². The molecule has 1 saturated carbocycles. The number of aliphatic hydroxyl groups is 1. The van der Waals surface area contributed by atoms with Crippen molar-refractivity contribution in [2.75, 3.05) is 13.2 Å². The van der Waals surface area contributed by atoms with Gasteiger partial charge in [0.1, 0.15) is 6.04 Å². The van der Waals surface area contributed by atoms with E-state index in [2.05, 4.69) is 5.32 Å². The minimum Gasteiger partial charge on any atom is -0.465 e. The number of hydrogen-bond donors (Lipinski definition) is 2. The first kappa shape index (κ1) is 15.0. The molecular weight excluding hydrogens is 254 g/mol. The van der Waals surface area contributed by atoms with Crippen molar-refractivity contribution in [3.8, 4) is 0 Å². The zero-order chi connectivity index (χ0) is 14.4. The molecule has 1 aliphatic carbocycles. The molecule has 0 spiro atoms. The lowest BCUT2D eigenvalue weighted by molar-refractivity contribution is -0.146. The summed E-state index contributed by atoms with van der Waals surface area (Å²) in [6.07, 6.45) is 3.10. The maximum atomic E-state index is 12.2. The van der Waals surface area contributed by atoms with E-state index in [9.17, 15) is 9.90 Å². The second-order valence-corrected chi connectivity index (χ2v) is 5.24. The number of nitrogens with one attached hydrogen (secondary N) is 1. The Morgan fingerprint density at radius 2 is 2.15 bits per heavy atom. The lowest BCUT2D eigenvalue weighted by Crippen LogP contribution is -2.40. The van der Waals surface area contributed by atoms with E-state index in [-0.39, 0.29) is 24.5 Å². The maximum absolute atomic E-state index is 12.2. The van der Waals surface area contributed by atoms with Gasteiger partial charge in [-0.15, -0.1) is 0 Å². The molecule has 4 nitrogen and oxygen atoms in total. The molecule has 0 radical (unpaired) electrons. The maximum Gasteiger partial charge on any atom is 0.327 e. The van der Waals surface area contributed by atoms with Crippen LogP contribution >= 0.6 is 0 Å². The highest BCUT2D eigenvalue weighted by Gasteiger charge is 2.32. The highest BCUT2D eigenvalue weighted by molar-refractivity contribution is 5.77. The van der Waals surface area contributed by atoms with Crippen LogP contribution in [0.2, 0.25) is 0 Å². The quantitative estimate of drug-likeness (QED) is 0.781. The summed E-state index contributed by atoms with van der Waals surface area (Å²) in [4.78, 5) is 12.2. The number of aliphatic hydroxyl groups excluding tert-OH is 1. The number of hydrogen-bond acceptors (Lipinski definition) is 4. The second-order valence-electron chi connectivity index (χ2n) is 5.24. The standard InChI is InChI=1S/C16H23NO3/c1-2-20-16(19)15(12-7-4-3-5-8-12)17-14-10-6-9-13(14)11-18/h3-5,7-8,13-15,17-18H,2,6,9-11H2,1H3. The smallest absolute Gasteiger partial charge is 0.327 e. The molecule has 1 aromatic carbocycles. The Labute approximate surface area is 120 Å². The van der Waals surface area contributed by atoms with E-state index < -0.39 is 6.04 Å². The lowest BCUT2D eigenvalue weighted by Gasteiger charge is -2.25. The Balaban J connectivity index is 2.12. The third-order valence-electron chi connectivity index (χ3n) is 3.93. The molecule has 3 unspecified atom stereocenters. The van der Waals surface area contributed by atoms with Crippen LogP contribution in [0.5, 0.6) is 0 Å². The van der Waals surface area contributed by atoms with Crippen molar-refractivity contribution < 1.29 is 14.6 Å². The van der Waals surface area contributed by atoms with Crippen LogP contribution in [0.25, 0.3) is 0 Å². The first-order valence-corrected chi connectivity index (χ1v) is 7.34. The van der Waals surface area contributed by atoms with Crippen LogP contribution in [0.1, 0.15) is 37.8 Å². The van der Waals surface area contributed by atoms with E-state index in [1.807, 2.05) is 37.3 Å². The number of ether oxygens (including phenoxy) is 1. The van der Waals surface area contributed by atoms with Gasteiger partial charge in [0.2, 0.25) is 0 Å². The first-order valence-electron chi connectivity index (χ1n) is 7.34. The summed E-state index contributed by atoms with van der Waals surface area (Å²) in [7, 11) is 0. The van der Waals surface area contributed by atoms with Gasteiger partial charge in [-0.3, -0.25) is 5.32 Å². The summed E-state index contributed by atoms with van der Waals surface area (Å²) >= 11 is 0. The molecule has 20 heavy (non-hydrogen) atoms.